The Balaban J connectivity index is 1.12. The van der Waals surface area contributed by atoms with Gasteiger partial charge in [-0.1, -0.05) is 152 Å². The van der Waals surface area contributed by atoms with Crippen molar-refractivity contribution in [1.29, 1.82) is 0 Å². The molecule has 0 fully saturated rings. The highest BCUT2D eigenvalue weighted by atomic mass is 15.1. The summed E-state index contributed by atoms with van der Waals surface area (Å²) in [6, 6.07) is 70.5. The smallest absolute Gasteiger partial charge is 0.0722 e. The first-order chi connectivity index (χ1) is 27.7. The lowest BCUT2D eigenvalue weighted by molar-refractivity contribution is 1.28. The SMILES string of the molecule is Cc1cc(-c2ccc(N(c3ccccc3)c3ccc4cccnc4c3)cc2)c2cccc3c2c1-c1c-3c(-c2ccccc2)c2ccccc2c1-c1ccccc1. The summed E-state index contributed by atoms with van der Waals surface area (Å²) >= 11 is 0. The summed E-state index contributed by atoms with van der Waals surface area (Å²) in [6.07, 6.45) is 1.86. The summed E-state index contributed by atoms with van der Waals surface area (Å²) in [6.45, 7) is 2.30. The first kappa shape index (κ1) is 32.2. The maximum Gasteiger partial charge on any atom is 0.0722 e. The van der Waals surface area contributed by atoms with Gasteiger partial charge in [-0.05, 0) is 132 Å². The fraction of sp³-hybridized carbons (Fsp3) is 0.0185. The van der Waals surface area contributed by atoms with Crippen LogP contribution in [0.15, 0.2) is 200 Å². The Hall–Kier alpha value is -7.29. The van der Waals surface area contributed by atoms with E-state index in [1.54, 1.807) is 0 Å². The van der Waals surface area contributed by atoms with E-state index in [-0.39, 0.29) is 0 Å². The van der Waals surface area contributed by atoms with E-state index in [0.717, 1.165) is 28.0 Å². The van der Waals surface area contributed by atoms with Crippen LogP contribution in [0, 0.1) is 6.92 Å². The van der Waals surface area contributed by atoms with Gasteiger partial charge in [0.05, 0.1) is 5.52 Å². The molecule has 1 heterocycles. The molecule has 0 unspecified atom stereocenters. The zero-order valence-electron chi connectivity index (χ0n) is 30.9. The van der Waals surface area contributed by atoms with Gasteiger partial charge >= 0.3 is 0 Å². The largest absolute Gasteiger partial charge is 0.310 e. The van der Waals surface area contributed by atoms with Gasteiger partial charge in [-0.25, -0.2) is 0 Å². The van der Waals surface area contributed by atoms with Gasteiger partial charge in [0.25, 0.3) is 0 Å². The van der Waals surface area contributed by atoms with Crippen molar-refractivity contribution in [1.82, 2.24) is 4.98 Å². The molecule has 11 rings (SSSR count). The fourth-order valence-electron chi connectivity index (χ4n) is 9.15. The second kappa shape index (κ2) is 12.9. The van der Waals surface area contributed by atoms with E-state index in [1.807, 2.05) is 12.3 Å². The van der Waals surface area contributed by atoms with Crippen LogP contribution in [0.25, 0.3) is 88.1 Å². The number of benzene rings is 9. The zero-order valence-corrected chi connectivity index (χ0v) is 30.9. The molecular formula is C54H36N2. The zero-order chi connectivity index (χ0) is 37.2. The number of para-hydroxylation sites is 1. The third kappa shape index (κ3) is 5.00. The van der Waals surface area contributed by atoms with Crippen LogP contribution in [0.2, 0.25) is 0 Å². The van der Waals surface area contributed by atoms with Crippen molar-refractivity contribution in [2.24, 2.45) is 0 Å². The summed E-state index contributed by atoms with van der Waals surface area (Å²) in [7, 11) is 0. The molecule has 1 aliphatic rings. The van der Waals surface area contributed by atoms with E-state index in [2.05, 4.69) is 205 Å². The normalized spacial score (nSPS) is 11.7. The second-order valence-corrected chi connectivity index (χ2v) is 14.7. The van der Waals surface area contributed by atoms with Crippen molar-refractivity contribution in [3.8, 4) is 55.6 Å². The van der Waals surface area contributed by atoms with Crippen molar-refractivity contribution in [2.45, 2.75) is 6.92 Å². The van der Waals surface area contributed by atoms with Crippen LogP contribution in [-0.4, -0.2) is 4.98 Å². The molecule has 262 valence electrons. The minimum Gasteiger partial charge on any atom is -0.310 e. The topological polar surface area (TPSA) is 16.1 Å². The van der Waals surface area contributed by atoms with Crippen LogP contribution in [0.5, 0.6) is 0 Å². The number of aromatic nitrogens is 1. The van der Waals surface area contributed by atoms with Gasteiger partial charge in [-0.15, -0.1) is 0 Å². The van der Waals surface area contributed by atoms with E-state index in [4.69, 9.17) is 0 Å². The fourth-order valence-corrected chi connectivity index (χ4v) is 9.15. The molecule has 2 heteroatoms. The van der Waals surface area contributed by atoms with E-state index in [0.29, 0.717) is 0 Å². The molecule has 9 aromatic carbocycles. The maximum atomic E-state index is 4.67. The Kier molecular flexibility index (Phi) is 7.43. The molecule has 0 spiro atoms. The summed E-state index contributed by atoms with van der Waals surface area (Å²) < 4.78 is 0. The molecule has 10 aromatic rings. The minimum atomic E-state index is 0.977. The van der Waals surface area contributed by atoms with E-state index in [9.17, 15) is 0 Å². The molecule has 56 heavy (non-hydrogen) atoms. The molecule has 0 amide bonds. The lowest BCUT2D eigenvalue weighted by atomic mass is 9.82. The Morgan fingerprint density at radius 3 is 1.66 bits per heavy atom. The van der Waals surface area contributed by atoms with Gasteiger partial charge in [-0.2, -0.15) is 0 Å². The van der Waals surface area contributed by atoms with Crippen LogP contribution in [-0.2, 0) is 0 Å². The van der Waals surface area contributed by atoms with Crippen LogP contribution in [0.3, 0.4) is 0 Å². The molecule has 0 saturated carbocycles. The van der Waals surface area contributed by atoms with Gasteiger partial charge in [0, 0.05) is 28.6 Å². The third-order valence-electron chi connectivity index (χ3n) is 11.5. The Bertz CT molecular complexity index is 3110. The molecule has 0 aliphatic heterocycles. The molecule has 0 N–H and O–H groups in total. The van der Waals surface area contributed by atoms with Crippen LogP contribution < -0.4 is 4.90 Å². The summed E-state index contributed by atoms with van der Waals surface area (Å²) in [5.74, 6) is 0. The lowest BCUT2D eigenvalue weighted by Gasteiger charge is -2.26. The Morgan fingerprint density at radius 2 is 0.964 bits per heavy atom. The predicted octanol–water partition coefficient (Wildman–Crippen LogP) is 15.0. The van der Waals surface area contributed by atoms with Crippen molar-refractivity contribution >= 4 is 49.5 Å². The van der Waals surface area contributed by atoms with Crippen molar-refractivity contribution in [2.75, 3.05) is 4.90 Å². The average Bonchev–Trinajstić information content (AvgIpc) is 3.61. The summed E-state index contributed by atoms with van der Waals surface area (Å²) in [5, 5.41) is 6.29. The average molecular weight is 713 g/mol. The molecule has 2 nitrogen and oxygen atoms in total. The summed E-state index contributed by atoms with van der Waals surface area (Å²) in [5.41, 5.74) is 18.4. The number of fused-ring (bicyclic) bond motifs is 5. The Labute approximate surface area is 326 Å². The molecule has 0 bridgehead atoms. The summed E-state index contributed by atoms with van der Waals surface area (Å²) in [4.78, 5) is 6.98. The number of hydrogen-bond acceptors (Lipinski definition) is 2. The van der Waals surface area contributed by atoms with Gasteiger partial charge < -0.3 is 4.90 Å². The first-order valence-corrected chi connectivity index (χ1v) is 19.3. The van der Waals surface area contributed by atoms with Crippen LogP contribution >= 0.6 is 0 Å². The number of nitrogens with zero attached hydrogens (tertiary/aromatic N) is 2. The molecule has 0 saturated heterocycles. The van der Waals surface area contributed by atoms with Crippen molar-refractivity contribution in [3.05, 3.63) is 206 Å². The highest BCUT2D eigenvalue weighted by Gasteiger charge is 2.32. The van der Waals surface area contributed by atoms with E-state index >= 15 is 0 Å². The number of anilines is 3. The second-order valence-electron chi connectivity index (χ2n) is 14.7. The number of aryl methyl sites for hydroxylation is 1. The first-order valence-electron chi connectivity index (χ1n) is 19.3. The quantitative estimate of drug-likeness (QED) is 0.171. The maximum absolute atomic E-state index is 4.67. The number of pyridine rings is 1. The highest BCUT2D eigenvalue weighted by Crippen LogP contribution is 2.59. The van der Waals surface area contributed by atoms with Gasteiger partial charge in [0.2, 0.25) is 0 Å². The van der Waals surface area contributed by atoms with Crippen molar-refractivity contribution < 1.29 is 0 Å². The van der Waals surface area contributed by atoms with Gasteiger partial charge in [0.1, 0.15) is 0 Å². The molecule has 0 radical (unpaired) electrons. The number of hydrogen-bond donors (Lipinski definition) is 0. The van der Waals surface area contributed by atoms with E-state index < -0.39 is 0 Å². The monoisotopic (exact) mass is 712 g/mol. The van der Waals surface area contributed by atoms with Crippen molar-refractivity contribution in [3.63, 3.8) is 0 Å². The molecule has 0 atom stereocenters. The Morgan fingerprint density at radius 1 is 0.375 bits per heavy atom. The van der Waals surface area contributed by atoms with Gasteiger partial charge in [0.15, 0.2) is 0 Å². The van der Waals surface area contributed by atoms with E-state index in [1.165, 1.54) is 82.7 Å². The van der Waals surface area contributed by atoms with Gasteiger partial charge in [-0.3, -0.25) is 4.98 Å². The standard InChI is InChI=1S/C54H36N2/c1-35-33-47(36-26-29-41(30-27-36)56(40-20-9-4-10-21-40)42-31-28-37-19-14-32-55-48(37)34-42)45-24-13-25-46-52(45)49(35)54-51(39-17-7-3-8-18-39)44-23-12-11-22-43(44)50(53(46)54)38-15-5-2-6-16-38/h2-34H,1H3. The predicted molar refractivity (Wildman–Crippen MR) is 237 cm³/mol. The van der Waals surface area contributed by atoms with Crippen LogP contribution in [0.4, 0.5) is 17.1 Å². The van der Waals surface area contributed by atoms with Crippen LogP contribution in [0.1, 0.15) is 5.56 Å². The minimum absolute atomic E-state index is 0.977. The molecule has 1 aliphatic carbocycles. The molecule has 1 aromatic heterocycles. The lowest BCUT2D eigenvalue weighted by Crippen LogP contribution is -2.09. The third-order valence-corrected chi connectivity index (χ3v) is 11.5. The highest BCUT2D eigenvalue weighted by molar-refractivity contribution is 6.29. The number of rotatable bonds is 6. The molecular weight excluding hydrogens is 677 g/mol.